The summed E-state index contributed by atoms with van der Waals surface area (Å²) in [6.45, 7) is 9.20. The van der Waals surface area contributed by atoms with Crippen molar-refractivity contribution in [1.82, 2.24) is 10.3 Å². The first-order chi connectivity index (χ1) is 12.7. The maximum Gasteiger partial charge on any atom is 0.470 e. The van der Waals surface area contributed by atoms with Crippen LogP contribution in [-0.4, -0.2) is 26.3 Å². The van der Waals surface area contributed by atoms with E-state index in [2.05, 4.69) is 17.2 Å². The molecule has 1 amide bonds. The first kappa shape index (κ1) is 25.7. The number of amides is 1. The molecule has 1 heterocycles. The maximum atomic E-state index is 12.3. The van der Waals surface area contributed by atoms with E-state index in [1.165, 1.54) is 13.8 Å². The molecule has 0 saturated carbocycles. The highest BCUT2D eigenvalue weighted by Gasteiger charge is 2.38. The largest absolute Gasteiger partial charge is 0.470 e. The van der Waals surface area contributed by atoms with E-state index in [-0.39, 0.29) is 5.91 Å². The molecular weight excluding hydrogens is 367 g/mol. The molecular formula is C19H35N2O5P. The Morgan fingerprint density at radius 2 is 1.89 bits per heavy atom. The van der Waals surface area contributed by atoms with Crippen molar-refractivity contribution in [3.63, 3.8) is 0 Å². The second-order valence-corrected chi connectivity index (χ2v) is 7.80. The smallest absolute Gasteiger partial charge is 0.346 e. The number of phosphoric acid groups is 1. The number of rotatable bonds is 11. The van der Waals surface area contributed by atoms with Crippen molar-refractivity contribution in [3.05, 3.63) is 30.1 Å². The number of nitrogens with zero attached hydrogens (tertiary/aromatic N) is 1. The quantitative estimate of drug-likeness (QED) is 0.371. The van der Waals surface area contributed by atoms with Crippen LogP contribution in [0.5, 0.6) is 0 Å². The molecule has 1 unspecified atom stereocenters. The third-order valence-corrected chi connectivity index (χ3v) is 4.59. The van der Waals surface area contributed by atoms with E-state index in [1.807, 2.05) is 13.8 Å². The predicted octanol–water partition coefficient (Wildman–Crippen LogP) is 4.51. The minimum atomic E-state index is -4.71. The SMILES string of the molecule is CC.CCCCCCCC(=O)NC(c1cccnc1)C(C)(C)OP(=O)(O)O. The number of nitrogens with one attached hydrogen (secondary N) is 1. The summed E-state index contributed by atoms with van der Waals surface area (Å²) in [4.78, 5) is 34.6. The number of carbonyl (C=O) groups is 1. The standard InChI is InChI=1S/C17H29N2O5P.C2H6/c1-4-5-6-7-8-11-15(20)19-16(14-10-9-12-18-13-14)17(2,3)24-25(21,22)23;1-2/h9-10,12-13,16H,4-8,11H2,1-3H3,(H,19,20)(H2,21,22,23);1-2H3. The van der Waals surface area contributed by atoms with E-state index in [0.717, 1.165) is 32.1 Å². The molecule has 1 aromatic heterocycles. The average Bonchev–Trinajstić information content (AvgIpc) is 2.60. The van der Waals surface area contributed by atoms with E-state index in [1.54, 1.807) is 24.5 Å². The van der Waals surface area contributed by atoms with Gasteiger partial charge in [0.2, 0.25) is 5.91 Å². The number of phosphoric ester groups is 1. The first-order valence-corrected chi connectivity index (χ1v) is 11.1. The Balaban J connectivity index is 0.00000326. The normalized spacial score (nSPS) is 12.7. The molecule has 0 aliphatic carbocycles. The lowest BCUT2D eigenvalue weighted by molar-refractivity contribution is -0.123. The van der Waals surface area contributed by atoms with Crippen molar-refractivity contribution in [2.24, 2.45) is 0 Å². The monoisotopic (exact) mass is 402 g/mol. The highest BCUT2D eigenvalue weighted by atomic mass is 31.2. The van der Waals surface area contributed by atoms with Crippen molar-refractivity contribution >= 4 is 13.7 Å². The van der Waals surface area contributed by atoms with Crippen LogP contribution in [0.3, 0.4) is 0 Å². The number of carbonyl (C=O) groups excluding carboxylic acids is 1. The Morgan fingerprint density at radius 1 is 1.26 bits per heavy atom. The van der Waals surface area contributed by atoms with E-state index in [0.29, 0.717) is 12.0 Å². The van der Waals surface area contributed by atoms with Crippen LogP contribution >= 0.6 is 7.82 Å². The molecule has 1 rings (SSSR count). The Bertz CT molecular complexity index is 575. The third-order valence-electron chi connectivity index (χ3n) is 3.88. The third kappa shape index (κ3) is 11.2. The zero-order valence-electron chi connectivity index (χ0n) is 17.1. The summed E-state index contributed by atoms with van der Waals surface area (Å²) in [6, 6.07) is 2.72. The molecule has 0 spiro atoms. The van der Waals surface area contributed by atoms with Gasteiger partial charge in [0, 0.05) is 18.8 Å². The predicted molar refractivity (Wildman–Crippen MR) is 107 cm³/mol. The van der Waals surface area contributed by atoms with E-state index in [4.69, 9.17) is 14.3 Å². The molecule has 1 atom stereocenters. The van der Waals surface area contributed by atoms with Crippen LogP contribution in [-0.2, 0) is 13.9 Å². The van der Waals surface area contributed by atoms with Gasteiger partial charge in [-0.15, -0.1) is 0 Å². The van der Waals surface area contributed by atoms with Gasteiger partial charge in [0.15, 0.2) is 0 Å². The number of hydrogen-bond acceptors (Lipinski definition) is 4. The highest BCUT2D eigenvalue weighted by Crippen LogP contribution is 2.45. The summed E-state index contributed by atoms with van der Waals surface area (Å²) in [5.41, 5.74) is -0.680. The van der Waals surface area contributed by atoms with Crippen molar-refractivity contribution in [2.75, 3.05) is 0 Å². The zero-order chi connectivity index (χ0) is 20.9. The van der Waals surface area contributed by atoms with Gasteiger partial charge in [0.25, 0.3) is 0 Å². The minimum absolute atomic E-state index is 0.173. The van der Waals surface area contributed by atoms with Crippen LogP contribution in [0.15, 0.2) is 24.5 Å². The van der Waals surface area contributed by atoms with Gasteiger partial charge in [-0.25, -0.2) is 4.57 Å². The molecule has 27 heavy (non-hydrogen) atoms. The van der Waals surface area contributed by atoms with E-state index >= 15 is 0 Å². The summed E-state index contributed by atoms with van der Waals surface area (Å²) in [6.07, 6.45) is 8.68. The Morgan fingerprint density at radius 3 is 2.41 bits per heavy atom. The molecule has 0 radical (unpaired) electrons. The molecule has 3 N–H and O–H groups in total. The van der Waals surface area contributed by atoms with Gasteiger partial charge in [0.1, 0.15) is 0 Å². The molecule has 1 aromatic rings. The second kappa shape index (κ2) is 13.0. The summed E-state index contributed by atoms with van der Waals surface area (Å²) >= 11 is 0. The summed E-state index contributed by atoms with van der Waals surface area (Å²) in [7, 11) is -4.71. The van der Waals surface area contributed by atoms with Crippen molar-refractivity contribution in [2.45, 2.75) is 84.8 Å². The van der Waals surface area contributed by atoms with Gasteiger partial charge in [-0.1, -0.05) is 52.5 Å². The average molecular weight is 402 g/mol. The minimum Gasteiger partial charge on any atom is -0.346 e. The number of hydrogen-bond donors (Lipinski definition) is 3. The summed E-state index contributed by atoms with van der Waals surface area (Å²) in [5, 5.41) is 2.84. The molecule has 8 heteroatoms. The van der Waals surface area contributed by atoms with Gasteiger partial charge in [-0.3, -0.25) is 14.3 Å². The number of unbranched alkanes of at least 4 members (excludes halogenated alkanes) is 4. The van der Waals surface area contributed by atoms with Crippen LogP contribution in [0, 0.1) is 0 Å². The lowest BCUT2D eigenvalue weighted by Gasteiger charge is -2.34. The molecule has 156 valence electrons. The fourth-order valence-electron chi connectivity index (χ4n) is 2.69. The molecule has 0 aromatic carbocycles. The highest BCUT2D eigenvalue weighted by molar-refractivity contribution is 7.46. The molecule has 0 fully saturated rings. The van der Waals surface area contributed by atoms with Gasteiger partial charge in [-0.2, -0.15) is 0 Å². The summed E-state index contributed by atoms with van der Waals surface area (Å²) < 4.78 is 16.2. The fourth-order valence-corrected chi connectivity index (χ4v) is 3.41. The molecule has 0 aliphatic rings. The molecule has 0 saturated heterocycles. The topological polar surface area (TPSA) is 109 Å². The Kier molecular flexibility index (Phi) is 12.4. The number of pyridine rings is 1. The van der Waals surface area contributed by atoms with Crippen molar-refractivity contribution < 1.29 is 23.7 Å². The molecule has 0 aliphatic heterocycles. The van der Waals surface area contributed by atoms with E-state index < -0.39 is 19.5 Å². The van der Waals surface area contributed by atoms with Crippen molar-refractivity contribution in [1.29, 1.82) is 0 Å². The Hall–Kier alpha value is -1.27. The summed E-state index contributed by atoms with van der Waals surface area (Å²) in [5.74, 6) is -0.173. The maximum absolute atomic E-state index is 12.3. The van der Waals surface area contributed by atoms with Gasteiger partial charge < -0.3 is 15.1 Å². The molecule has 0 bridgehead atoms. The van der Waals surface area contributed by atoms with Gasteiger partial charge in [-0.05, 0) is 31.9 Å². The van der Waals surface area contributed by atoms with Gasteiger partial charge >= 0.3 is 7.82 Å². The van der Waals surface area contributed by atoms with Crippen molar-refractivity contribution in [3.8, 4) is 0 Å². The second-order valence-electron chi connectivity index (χ2n) is 6.64. The van der Waals surface area contributed by atoms with E-state index in [9.17, 15) is 9.36 Å². The van der Waals surface area contributed by atoms with Crippen LogP contribution in [0.4, 0.5) is 0 Å². The zero-order valence-corrected chi connectivity index (χ0v) is 18.0. The Labute approximate surface area is 163 Å². The van der Waals surface area contributed by atoms with Crippen LogP contribution in [0.25, 0.3) is 0 Å². The lowest BCUT2D eigenvalue weighted by atomic mass is 9.92. The van der Waals surface area contributed by atoms with Crippen LogP contribution in [0.2, 0.25) is 0 Å². The first-order valence-electron chi connectivity index (χ1n) is 9.61. The molecule has 7 nitrogen and oxygen atoms in total. The van der Waals surface area contributed by atoms with Crippen LogP contribution < -0.4 is 5.32 Å². The van der Waals surface area contributed by atoms with Crippen LogP contribution in [0.1, 0.15) is 84.7 Å². The van der Waals surface area contributed by atoms with Gasteiger partial charge in [0.05, 0.1) is 11.6 Å². The fraction of sp³-hybridized carbons (Fsp3) is 0.684. The lowest BCUT2D eigenvalue weighted by Crippen LogP contribution is -2.43. The number of aromatic nitrogens is 1.